The van der Waals surface area contributed by atoms with Crippen molar-refractivity contribution in [1.29, 1.82) is 0 Å². The molecule has 150 valence electrons. The maximum absolute atomic E-state index is 12.8. The number of hydrogen-bond donors (Lipinski definition) is 2. The SMILES string of the molecule is O=C(Cc1cccc(C(F)(F)F)c1)N[C@H](Cc1ccc2ccccc2c1)C(=O)O. The fourth-order valence-electron chi connectivity index (χ4n) is 3.09. The van der Waals surface area contributed by atoms with Crippen molar-refractivity contribution in [3.05, 3.63) is 83.4 Å². The molecule has 3 aromatic rings. The van der Waals surface area contributed by atoms with Crippen molar-refractivity contribution in [3.8, 4) is 0 Å². The predicted octanol–water partition coefficient (Wildman–Crippen LogP) is 4.21. The van der Waals surface area contributed by atoms with E-state index in [2.05, 4.69) is 5.32 Å². The first-order valence-electron chi connectivity index (χ1n) is 8.88. The largest absolute Gasteiger partial charge is 0.480 e. The van der Waals surface area contributed by atoms with Crippen LogP contribution in [0.25, 0.3) is 10.8 Å². The van der Waals surface area contributed by atoms with Gasteiger partial charge in [-0.05, 0) is 28.0 Å². The van der Waals surface area contributed by atoms with Gasteiger partial charge in [0, 0.05) is 6.42 Å². The summed E-state index contributed by atoms with van der Waals surface area (Å²) in [4.78, 5) is 23.8. The van der Waals surface area contributed by atoms with Gasteiger partial charge in [0.05, 0.1) is 12.0 Å². The zero-order chi connectivity index (χ0) is 21.0. The van der Waals surface area contributed by atoms with Gasteiger partial charge in [0.1, 0.15) is 6.04 Å². The molecule has 0 aliphatic carbocycles. The molecule has 0 bridgehead atoms. The van der Waals surface area contributed by atoms with Gasteiger partial charge in [-0.2, -0.15) is 13.2 Å². The fraction of sp³-hybridized carbons (Fsp3) is 0.182. The van der Waals surface area contributed by atoms with Crippen molar-refractivity contribution in [2.45, 2.75) is 25.1 Å². The van der Waals surface area contributed by atoms with Gasteiger partial charge in [-0.3, -0.25) is 4.79 Å². The van der Waals surface area contributed by atoms with Crippen molar-refractivity contribution < 1.29 is 27.9 Å². The predicted molar refractivity (Wildman–Crippen MR) is 102 cm³/mol. The second-order valence-corrected chi connectivity index (χ2v) is 6.72. The number of carboxylic acid groups (broad SMARTS) is 1. The maximum atomic E-state index is 12.8. The first-order valence-corrected chi connectivity index (χ1v) is 8.88. The molecule has 1 amide bonds. The molecule has 0 radical (unpaired) electrons. The molecule has 7 heteroatoms. The quantitative estimate of drug-likeness (QED) is 0.650. The van der Waals surface area contributed by atoms with Gasteiger partial charge in [-0.1, -0.05) is 60.7 Å². The molecule has 0 aromatic heterocycles. The minimum Gasteiger partial charge on any atom is -0.480 e. The highest BCUT2D eigenvalue weighted by Crippen LogP contribution is 2.29. The van der Waals surface area contributed by atoms with Crippen molar-refractivity contribution in [2.24, 2.45) is 0 Å². The number of amides is 1. The number of fused-ring (bicyclic) bond motifs is 1. The van der Waals surface area contributed by atoms with Crippen LogP contribution in [0.4, 0.5) is 13.2 Å². The van der Waals surface area contributed by atoms with Crippen LogP contribution in [0.1, 0.15) is 16.7 Å². The van der Waals surface area contributed by atoms with E-state index in [1.165, 1.54) is 12.1 Å². The Morgan fingerprint density at radius 2 is 1.62 bits per heavy atom. The van der Waals surface area contributed by atoms with Gasteiger partial charge < -0.3 is 10.4 Å². The lowest BCUT2D eigenvalue weighted by Crippen LogP contribution is -2.43. The minimum absolute atomic E-state index is 0.0640. The van der Waals surface area contributed by atoms with Crippen molar-refractivity contribution in [2.75, 3.05) is 0 Å². The summed E-state index contributed by atoms with van der Waals surface area (Å²) in [6, 6.07) is 16.4. The van der Waals surface area contributed by atoms with Crippen LogP contribution in [0.5, 0.6) is 0 Å². The highest BCUT2D eigenvalue weighted by atomic mass is 19.4. The molecule has 0 aliphatic heterocycles. The molecule has 2 N–H and O–H groups in total. The lowest BCUT2D eigenvalue weighted by atomic mass is 10.0. The molecule has 3 aromatic carbocycles. The van der Waals surface area contributed by atoms with Crippen LogP contribution in [-0.2, 0) is 28.6 Å². The Morgan fingerprint density at radius 3 is 2.31 bits per heavy atom. The van der Waals surface area contributed by atoms with E-state index in [1.54, 1.807) is 6.07 Å². The molecule has 4 nitrogen and oxygen atoms in total. The van der Waals surface area contributed by atoms with Crippen LogP contribution in [-0.4, -0.2) is 23.0 Å². The standard InChI is InChI=1S/C22H18F3NO3/c23-22(24,25)18-7-3-4-14(11-18)13-20(27)26-19(21(28)29)12-15-8-9-16-5-1-2-6-17(16)10-15/h1-11,19H,12-13H2,(H,26,27)(H,28,29)/t19-/m1/s1. The third-order valence-electron chi connectivity index (χ3n) is 4.51. The number of rotatable bonds is 6. The smallest absolute Gasteiger partial charge is 0.416 e. The minimum atomic E-state index is -4.51. The molecule has 0 aliphatic rings. The van der Waals surface area contributed by atoms with E-state index in [9.17, 15) is 27.9 Å². The van der Waals surface area contributed by atoms with E-state index >= 15 is 0 Å². The van der Waals surface area contributed by atoms with Gasteiger partial charge in [-0.25, -0.2) is 4.79 Å². The Balaban J connectivity index is 1.70. The highest BCUT2D eigenvalue weighted by Gasteiger charge is 2.30. The zero-order valence-electron chi connectivity index (χ0n) is 15.2. The fourth-order valence-corrected chi connectivity index (χ4v) is 3.09. The van der Waals surface area contributed by atoms with Gasteiger partial charge in [0.2, 0.25) is 5.91 Å². The van der Waals surface area contributed by atoms with Gasteiger partial charge in [-0.15, -0.1) is 0 Å². The summed E-state index contributed by atoms with van der Waals surface area (Å²) >= 11 is 0. The van der Waals surface area contributed by atoms with Crippen molar-refractivity contribution in [3.63, 3.8) is 0 Å². The van der Waals surface area contributed by atoms with E-state index in [1.807, 2.05) is 36.4 Å². The summed E-state index contributed by atoms with van der Waals surface area (Å²) in [7, 11) is 0. The van der Waals surface area contributed by atoms with E-state index < -0.39 is 29.7 Å². The second kappa shape index (κ2) is 8.34. The number of aliphatic carboxylic acids is 1. The topological polar surface area (TPSA) is 66.4 Å². The number of alkyl halides is 3. The van der Waals surface area contributed by atoms with E-state index in [0.29, 0.717) is 0 Å². The summed E-state index contributed by atoms with van der Waals surface area (Å²) in [5.41, 5.74) is 0.0383. The van der Waals surface area contributed by atoms with Crippen molar-refractivity contribution >= 4 is 22.6 Å². The number of benzene rings is 3. The van der Waals surface area contributed by atoms with Crippen LogP contribution < -0.4 is 5.32 Å². The lowest BCUT2D eigenvalue weighted by molar-refractivity contribution is -0.141. The van der Waals surface area contributed by atoms with Gasteiger partial charge >= 0.3 is 12.1 Å². The van der Waals surface area contributed by atoms with Crippen LogP contribution in [0.3, 0.4) is 0 Å². The molecule has 3 rings (SSSR count). The van der Waals surface area contributed by atoms with Crippen LogP contribution in [0.2, 0.25) is 0 Å². The monoisotopic (exact) mass is 401 g/mol. The molecular formula is C22H18F3NO3. The molecule has 0 spiro atoms. The number of carbonyl (C=O) groups is 2. The molecule has 0 unspecified atom stereocenters. The summed E-state index contributed by atoms with van der Waals surface area (Å²) in [5.74, 6) is -1.87. The van der Waals surface area contributed by atoms with Crippen LogP contribution in [0.15, 0.2) is 66.7 Å². The first-order chi connectivity index (χ1) is 13.7. The van der Waals surface area contributed by atoms with Crippen LogP contribution in [0, 0.1) is 0 Å². The van der Waals surface area contributed by atoms with E-state index in [4.69, 9.17) is 0 Å². The van der Waals surface area contributed by atoms with Gasteiger partial charge in [0.25, 0.3) is 0 Å². The summed E-state index contributed by atoms with van der Waals surface area (Å²) in [6.07, 6.45) is -4.79. The Kier molecular flexibility index (Phi) is 5.87. The number of halogens is 3. The third-order valence-corrected chi connectivity index (χ3v) is 4.51. The summed E-state index contributed by atoms with van der Waals surface area (Å²) in [6.45, 7) is 0. The number of hydrogen-bond acceptors (Lipinski definition) is 2. The number of carboxylic acids is 1. The highest BCUT2D eigenvalue weighted by molar-refractivity contribution is 5.86. The molecule has 0 saturated carbocycles. The lowest BCUT2D eigenvalue weighted by Gasteiger charge is -2.15. The number of nitrogens with one attached hydrogen (secondary N) is 1. The Morgan fingerprint density at radius 1 is 0.897 bits per heavy atom. The second-order valence-electron chi connectivity index (χ2n) is 6.72. The molecule has 0 fully saturated rings. The summed E-state index contributed by atoms with van der Waals surface area (Å²) < 4.78 is 38.4. The average Bonchev–Trinajstić information content (AvgIpc) is 2.67. The summed E-state index contributed by atoms with van der Waals surface area (Å²) in [5, 5.41) is 13.8. The molecule has 1 atom stereocenters. The van der Waals surface area contributed by atoms with Crippen molar-refractivity contribution in [1.82, 2.24) is 5.32 Å². The molecule has 29 heavy (non-hydrogen) atoms. The Bertz CT molecular complexity index is 1050. The first kappa shape index (κ1) is 20.4. The molecule has 0 heterocycles. The normalized spacial score (nSPS) is 12.5. The maximum Gasteiger partial charge on any atom is 0.416 e. The number of carbonyl (C=O) groups excluding carboxylic acids is 1. The Labute approximate surface area is 165 Å². The third kappa shape index (κ3) is 5.34. The van der Waals surface area contributed by atoms with E-state index in [-0.39, 0.29) is 18.4 Å². The van der Waals surface area contributed by atoms with Crippen LogP contribution >= 0.6 is 0 Å². The average molecular weight is 401 g/mol. The van der Waals surface area contributed by atoms with E-state index in [0.717, 1.165) is 28.5 Å². The molecular weight excluding hydrogens is 383 g/mol. The van der Waals surface area contributed by atoms with Gasteiger partial charge in [0.15, 0.2) is 0 Å². The molecule has 0 saturated heterocycles. The Hall–Kier alpha value is -3.35. The zero-order valence-corrected chi connectivity index (χ0v) is 15.2.